The minimum atomic E-state index is -4.34. The SMILES string of the molecule is CN=C(NCc1cccc(OCC(F)(F)F)c1)NCC1CCCO1. The molecule has 1 saturated heterocycles. The zero-order chi connectivity index (χ0) is 17.4. The average Bonchev–Trinajstić information content (AvgIpc) is 3.06. The van der Waals surface area contributed by atoms with Crippen LogP contribution in [-0.2, 0) is 11.3 Å². The van der Waals surface area contributed by atoms with Crippen molar-refractivity contribution in [3.63, 3.8) is 0 Å². The minimum absolute atomic E-state index is 0.189. The molecule has 2 rings (SSSR count). The van der Waals surface area contributed by atoms with Crippen molar-refractivity contribution in [3.05, 3.63) is 29.8 Å². The molecule has 0 spiro atoms. The molecule has 1 aliphatic rings. The highest BCUT2D eigenvalue weighted by atomic mass is 19.4. The molecule has 1 heterocycles. The molecule has 0 bridgehead atoms. The summed E-state index contributed by atoms with van der Waals surface area (Å²) in [6.45, 7) is 0.598. The molecule has 1 aromatic rings. The molecule has 1 fully saturated rings. The van der Waals surface area contributed by atoms with Gasteiger partial charge in [0.25, 0.3) is 0 Å². The molecule has 2 N–H and O–H groups in total. The second-order valence-corrected chi connectivity index (χ2v) is 5.49. The van der Waals surface area contributed by atoms with Gasteiger partial charge >= 0.3 is 6.18 Å². The summed E-state index contributed by atoms with van der Waals surface area (Å²) in [7, 11) is 1.66. The van der Waals surface area contributed by atoms with Gasteiger partial charge in [-0.2, -0.15) is 13.2 Å². The van der Waals surface area contributed by atoms with Gasteiger partial charge in [-0.15, -0.1) is 0 Å². The maximum absolute atomic E-state index is 12.2. The quantitative estimate of drug-likeness (QED) is 0.614. The van der Waals surface area contributed by atoms with Crippen molar-refractivity contribution in [2.45, 2.75) is 31.7 Å². The number of halogens is 3. The van der Waals surface area contributed by atoms with Crippen LogP contribution in [-0.4, -0.2) is 45.0 Å². The lowest BCUT2D eigenvalue weighted by atomic mass is 10.2. The van der Waals surface area contributed by atoms with Crippen LogP contribution in [0, 0.1) is 0 Å². The van der Waals surface area contributed by atoms with E-state index < -0.39 is 12.8 Å². The third kappa shape index (κ3) is 6.66. The standard InChI is InChI=1S/C16H22F3N3O2/c1-20-15(22-10-14-6-3-7-23-14)21-9-12-4-2-5-13(8-12)24-11-16(17,18)19/h2,4-5,8,14H,3,6-7,9-11H2,1H3,(H2,20,21,22). The van der Waals surface area contributed by atoms with Crippen LogP contribution in [0.2, 0.25) is 0 Å². The first-order valence-electron chi connectivity index (χ1n) is 7.81. The maximum atomic E-state index is 12.2. The van der Waals surface area contributed by atoms with Gasteiger partial charge in [0.15, 0.2) is 12.6 Å². The Morgan fingerprint density at radius 3 is 2.88 bits per heavy atom. The molecular weight excluding hydrogens is 323 g/mol. The fourth-order valence-electron chi connectivity index (χ4n) is 2.33. The lowest BCUT2D eigenvalue weighted by Gasteiger charge is -2.15. The van der Waals surface area contributed by atoms with E-state index in [9.17, 15) is 13.2 Å². The number of alkyl halides is 3. The van der Waals surface area contributed by atoms with E-state index in [4.69, 9.17) is 9.47 Å². The van der Waals surface area contributed by atoms with Crippen molar-refractivity contribution in [2.24, 2.45) is 4.99 Å². The predicted octanol–water partition coefficient (Wildman–Crippen LogP) is 2.47. The number of ether oxygens (including phenoxy) is 2. The van der Waals surface area contributed by atoms with Crippen molar-refractivity contribution in [3.8, 4) is 5.75 Å². The summed E-state index contributed by atoms with van der Waals surface area (Å²) in [6.07, 6.45) is -2.04. The van der Waals surface area contributed by atoms with Crippen LogP contribution in [0.1, 0.15) is 18.4 Å². The summed E-state index contributed by atoms with van der Waals surface area (Å²) in [5, 5.41) is 6.29. The van der Waals surface area contributed by atoms with Gasteiger partial charge in [0, 0.05) is 26.7 Å². The van der Waals surface area contributed by atoms with Crippen LogP contribution in [0.5, 0.6) is 5.75 Å². The third-order valence-electron chi connectivity index (χ3n) is 3.51. The summed E-state index contributed by atoms with van der Waals surface area (Å²) >= 11 is 0. The van der Waals surface area contributed by atoms with Crippen molar-refractivity contribution < 1.29 is 22.6 Å². The molecule has 0 radical (unpaired) electrons. The highest BCUT2D eigenvalue weighted by Crippen LogP contribution is 2.19. The van der Waals surface area contributed by atoms with Gasteiger partial charge in [-0.25, -0.2) is 0 Å². The molecule has 1 unspecified atom stereocenters. The Balaban J connectivity index is 1.79. The molecule has 1 aliphatic heterocycles. The summed E-state index contributed by atoms with van der Waals surface area (Å²) in [4.78, 5) is 4.11. The molecule has 0 aromatic heterocycles. The molecule has 0 aliphatic carbocycles. The number of nitrogens with zero attached hydrogens (tertiary/aromatic N) is 1. The van der Waals surface area contributed by atoms with Gasteiger partial charge in [0.05, 0.1) is 6.10 Å². The molecule has 134 valence electrons. The first-order valence-corrected chi connectivity index (χ1v) is 7.81. The largest absolute Gasteiger partial charge is 0.484 e. The minimum Gasteiger partial charge on any atom is -0.484 e. The Hall–Kier alpha value is -1.96. The highest BCUT2D eigenvalue weighted by Gasteiger charge is 2.28. The van der Waals surface area contributed by atoms with E-state index >= 15 is 0 Å². The number of hydrogen-bond donors (Lipinski definition) is 2. The van der Waals surface area contributed by atoms with Crippen LogP contribution < -0.4 is 15.4 Å². The molecule has 0 amide bonds. The topological polar surface area (TPSA) is 54.9 Å². The molecule has 24 heavy (non-hydrogen) atoms. The predicted molar refractivity (Wildman–Crippen MR) is 85.2 cm³/mol. The highest BCUT2D eigenvalue weighted by molar-refractivity contribution is 5.79. The Morgan fingerprint density at radius 2 is 2.21 bits per heavy atom. The van der Waals surface area contributed by atoms with E-state index in [-0.39, 0.29) is 11.9 Å². The summed E-state index contributed by atoms with van der Waals surface area (Å²) < 4.78 is 46.8. The number of rotatable bonds is 6. The van der Waals surface area contributed by atoms with E-state index in [0.717, 1.165) is 25.0 Å². The van der Waals surface area contributed by atoms with E-state index in [1.54, 1.807) is 25.2 Å². The van der Waals surface area contributed by atoms with Gasteiger partial charge in [-0.1, -0.05) is 12.1 Å². The lowest BCUT2D eigenvalue weighted by Crippen LogP contribution is -2.40. The second kappa shape index (κ2) is 8.77. The van der Waals surface area contributed by atoms with E-state index in [0.29, 0.717) is 19.0 Å². The van der Waals surface area contributed by atoms with Crippen LogP contribution in [0.25, 0.3) is 0 Å². The van der Waals surface area contributed by atoms with Crippen molar-refractivity contribution >= 4 is 5.96 Å². The van der Waals surface area contributed by atoms with Crippen LogP contribution in [0.15, 0.2) is 29.3 Å². The Kier molecular flexibility index (Phi) is 6.72. The summed E-state index contributed by atoms with van der Waals surface area (Å²) in [5.41, 5.74) is 0.801. The van der Waals surface area contributed by atoms with Crippen LogP contribution >= 0.6 is 0 Å². The van der Waals surface area contributed by atoms with Crippen molar-refractivity contribution in [1.82, 2.24) is 10.6 Å². The van der Waals surface area contributed by atoms with Gasteiger partial charge in [0.1, 0.15) is 5.75 Å². The number of hydrogen-bond acceptors (Lipinski definition) is 3. The first kappa shape index (κ1) is 18.4. The zero-order valence-corrected chi connectivity index (χ0v) is 13.5. The maximum Gasteiger partial charge on any atom is 0.422 e. The van der Waals surface area contributed by atoms with E-state index in [2.05, 4.69) is 15.6 Å². The van der Waals surface area contributed by atoms with Crippen molar-refractivity contribution in [1.29, 1.82) is 0 Å². The van der Waals surface area contributed by atoms with E-state index in [1.807, 2.05) is 0 Å². The fourth-order valence-corrected chi connectivity index (χ4v) is 2.33. The smallest absolute Gasteiger partial charge is 0.422 e. The monoisotopic (exact) mass is 345 g/mol. The summed E-state index contributed by atoms with van der Waals surface area (Å²) in [5.74, 6) is 0.807. The Bertz CT molecular complexity index is 544. The lowest BCUT2D eigenvalue weighted by molar-refractivity contribution is -0.153. The first-order chi connectivity index (χ1) is 11.5. The Morgan fingerprint density at radius 1 is 1.38 bits per heavy atom. The van der Waals surface area contributed by atoms with Crippen molar-refractivity contribution in [2.75, 3.05) is 26.8 Å². The second-order valence-electron chi connectivity index (χ2n) is 5.49. The molecular formula is C16H22F3N3O2. The van der Waals surface area contributed by atoms with Gasteiger partial charge in [-0.05, 0) is 30.5 Å². The fraction of sp³-hybridized carbons (Fsp3) is 0.562. The molecule has 0 saturated carbocycles. The van der Waals surface area contributed by atoms with Gasteiger partial charge in [0.2, 0.25) is 0 Å². The third-order valence-corrected chi connectivity index (χ3v) is 3.51. The number of benzene rings is 1. The van der Waals surface area contributed by atoms with Gasteiger partial charge in [-0.3, -0.25) is 4.99 Å². The molecule has 1 atom stereocenters. The summed E-state index contributed by atoms with van der Waals surface area (Å²) in [6, 6.07) is 6.54. The Labute approximate surface area is 139 Å². The van der Waals surface area contributed by atoms with Crippen LogP contribution in [0.3, 0.4) is 0 Å². The molecule has 8 heteroatoms. The number of aliphatic imine (C=N–C) groups is 1. The van der Waals surface area contributed by atoms with Gasteiger partial charge < -0.3 is 20.1 Å². The molecule has 1 aromatic carbocycles. The number of nitrogens with one attached hydrogen (secondary N) is 2. The molecule has 5 nitrogen and oxygen atoms in total. The number of guanidine groups is 1. The average molecular weight is 345 g/mol. The zero-order valence-electron chi connectivity index (χ0n) is 13.5. The van der Waals surface area contributed by atoms with Crippen LogP contribution in [0.4, 0.5) is 13.2 Å². The van der Waals surface area contributed by atoms with E-state index in [1.165, 1.54) is 6.07 Å². The normalized spacial score (nSPS) is 18.5.